The van der Waals surface area contributed by atoms with Crippen LogP contribution in [0, 0.1) is 0 Å². The molecule has 0 aromatic heterocycles. The zero-order valence-electron chi connectivity index (χ0n) is 15.1. The highest BCUT2D eigenvalue weighted by molar-refractivity contribution is 6.05. The van der Waals surface area contributed by atoms with E-state index in [1.807, 2.05) is 18.2 Å². The first-order chi connectivity index (χ1) is 13.0. The van der Waals surface area contributed by atoms with E-state index in [0.717, 1.165) is 17.5 Å². The van der Waals surface area contributed by atoms with E-state index in [9.17, 15) is 14.4 Å². The van der Waals surface area contributed by atoms with Crippen LogP contribution in [0.25, 0.3) is 0 Å². The maximum absolute atomic E-state index is 12.7. The summed E-state index contributed by atoms with van der Waals surface area (Å²) in [5.74, 6) is -0.819. The standard InChI is InChI=1S/C19H24N4O4/c20-14-5-6-27-10-15(14)21-8-11-1-2-13-12(7-11)9-23(19(13)26)16-3-4-17(24)22-18(16)25/h1-2,7,14-16,21H,3-6,8-10,20H2,(H,22,24,25)/t14-,15+,16?/m1/s1. The third-order valence-corrected chi connectivity index (χ3v) is 5.57. The second kappa shape index (κ2) is 7.38. The van der Waals surface area contributed by atoms with E-state index in [0.29, 0.717) is 38.3 Å². The Morgan fingerprint density at radius 1 is 1.26 bits per heavy atom. The van der Waals surface area contributed by atoms with Crippen LogP contribution in [0.2, 0.25) is 0 Å². The number of imide groups is 1. The lowest BCUT2D eigenvalue weighted by Crippen LogP contribution is -2.52. The Morgan fingerprint density at radius 3 is 2.89 bits per heavy atom. The minimum absolute atomic E-state index is 0.0813. The summed E-state index contributed by atoms with van der Waals surface area (Å²) in [4.78, 5) is 37.7. The molecular weight excluding hydrogens is 348 g/mol. The average Bonchev–Trinajstić information content (AvgIpc) is 2.97. The van der Waals surface area contributed by atoms with Gasteiger partial charge in [-0.15, -0.1) is 0 Å². The van der Waals surface area contributed by atoms with E-state index < -0.39 is 6.04 Å². The second-order valence-electron chi connectivity index (χ2n) is 7.41. The zero-order valence-corrected chi connectivity index (χ0v) is 15.1. The molecule has 1 aromatic rings. The zero-order chi connectivity index (χ0) is 19.0. The number of hydrogen-bond acceptors (Lipinski definition) is 6. The van der Waals surface area contributed by atoms with Crippen molar-refractivity contribution in [3.05, 3.63) is 34.9 Å². The number of fused-ring (bicyclic) bond motifs is 1. The number of benzene rings is 1. The molecule has 0 saturated carbocycles. The van der Waals surface area contributed by atoms with Crippen molar-refractivity contribution in [1.29, 1.82) is 0 Å². The summed E-state index contributed by atoms with van der Waals surface area (Å²) in [6, 6.07) is 5.36. The van der Waals surface area contributed by atoms with E-state index in [1.165, 1.54) is 0 Å². The van der Waals surface area contributed by atoms with Gasteiger partial charge in [-0.05, 0) is 30.0 Å². The van der Waals surface area contributed by atoms with Crippen molar-refractivity contribution in [3.63, 3.8) is 0 Å². The van der Waals surface area contributed by atoms with Crippen molar-refractivity contribution in [2.75, 3.05) is 13.2 Å². The third-order valence-electron chi connectivity index (χ3n) is 5.57. The Kier molecular flexibility index (Phi) is 4.94. The number of carbonyl (C=O) groups excluding carboxylic acids is 3. The first kappa shape index (κ1) is 18.1. The molecule has 2 saturated heterocycles. The number of nitrogens with two attached hydrogens (primary N) is 1. The predicted molar refractivity (Wildman–Crippen MR) is 96.5 cm³/mol. The molecule has 4 rings (SSSR count). The number of amides is 3. The molecule has 4 N–H and O–H groups in total. The molecule has 0 bridgehead atoms. The molecule has 2 fully saturated rings. The lowest BCUT2D eigenvalue weighted by Gasteiger charge is -2.29. The highest BCUT2D eigenvalue weighted by atomic mass is 16.5. The first-order valence-electron chi connectivity index (χ1n) is 9.36. The summed E-state index contributed by atoms with van der Waals surface area (Å²) in [6.07, 6.45) is 1.48. The molecule has 3 heterocycles. The second-order valence-corrected chi connectivity index (χ2v) is 7.41. The Balaban J connectivity index is 1.43. The number of nitrogens with one attached hydrogen (secondary N) is 2. The summed E-state index contributed by atoms with van der Waals surface area (Å²) in [7, 11) is 0. The van der Waals surface area contributed by atoms with Crippen molar-refractivity contribution >= 4 is 17.7 Å². The van der Waals surface area contributed by atoms with E-state index >= 15 is 0 Å². The highest BCUT2D eigenvalue weighted by Gasteiger charge is 2.39. The fraction of sp³-hybridized carbons (Fsp3) is 0.526. The molecule has 3 aliphatic rings. The Hall–Kier alpha value is -2.29. The maximum Gasteiger partial charge on any atom is 0.255 e. The van der Waals surface area contributed by atoms with Gasteiger partial charge in [0, 0.05) is 43.8 Å². The van der Waals surface area contributed by atoms with Gasteiger partial charge in [-0.25, -0.2) is 0 Å². The van der Waals surface area contributed by atoms with Crippen LogP contribution in [-0.2, 0) is 27.4 Å². The lowest BCUT2D eigenvalue weighted by molar-refractivity contribution is -0.136. The van der Waals surface area contributed by atoms with Crippen LogP contribution in [0.1, 0.15) is 40.7 Å². The van der Waals surface area contributed by atoms with Gasteiger partial charge < -0.3 is 20.7 Å². The quantitative estimate of drug-likeness (QED) is 0.623. The number of hydrogen-bond donors (Lipinski definition) is 3. The van der Waals surface area contributed by atoms with Gasteiger partial charge in [-0.2, -0.15) is 0 Å². The van der Waals surface area contributed by atoms with Crippen LogP contribution in [0.3, 0.4) is 0 Å². The van der Waals surface area contributed by atoms with Crippen molar-refractivity contribution in [1.82, 2.24) is 15.5 Å². The molecule has 27 heavy (non-hydrogen) atoms. The molecule has 0 aliphatic carbocycles. The maximum atomic E-state index is 12.7. The van der Waals surface area contributed by atoms with Gasteiger partial charge in [0.2, 0.25) is 11.8 Å². The van der Waals surface area contributed by atoms with Crippen LogP contribution < -0.4 is 16.4 Å². The summed E-state index contributed by atoms with van der Waals surface area (Å²) in [5.41, 5.74) is 8.72. The molecule has 8 heteroatoms. The molecule has 1 unspecified atom stereocenters. The van der Waals surface area contributed by atoms with Crippen molar-refractivity contribution in [3.8, 4) is 0 Å². The molecular formula is C19H24N4O4. The normalized spacial score (nSPS) is 28.3. The molecule has 3 amide bonds. The average molecular weight is 372 g/mol. The van der Waals surface area contributed by atoms with E-state index in [-0.39, 0.29) is 36.2 Å². The van der Waals surface area contributed by atoms with Gasteiger partial charge in [-0.3, -0.25) is 19.7 Å². The highest BCUT2D eigenvalue weighted by Crippen LogP contribution is 2.28. The van der Waals surface area contributed by atoms with Crippen LogP contribution in [0.5, 0.6) is 0 Å². The van der Waals surface area contributed by atoms with E-state index in [1.54, 1.807) is 4.90 Å². The minimum atomic E-state index is -0.582. The Bertz CT molecular complexity index is 781. The first-order valence-corrected chi connectivity index (χ1v) is 9.36. The van der Waals surface area contributed by atoms with Gasteiger partial charge in [0.1, 0.15) is 6.04 Å². The van der Waals surface area contributed by atoms with Crippen molar-refractivity contribution < 1.29 is 19.1 Å². The topological polar surface area (TPSA) is 114 Å². The third kappa shape index (κ3) is 3.60. The van der Waals surface area contributed by atoms with Crippen LogP contribution in [0.15, 0.2) is 18.2 Å². The van der Waals surface area contributed by atoms with Crippen molar-refractivity contribution in [2.45, 2.75) is 50.5 Å². The molecule has 0 spiro atoms. The summed E-state index contributed by atoms with van der Waals surface area (Å²) in [5, 5.41) is 5.75. The van der Waals surface area contributed by atoms with Gasteiger partial charge in [0.05, 0.1) is 6.61 Å². The summed E-state index contributed by atoms with van der Waals surface area (Å²) in [6.45, 7) is 2.34. The molecule has 8 nitrogen and oxygen atoms in total. The minimum Gasteiger partial charge on any atom is -0.380 e. The van der Waals surface area contributed by atoms with Crippen LogP contribution in [-0.4, -0.2) is 54.0 Å². The van der Waals surface area contributed by atoms with Gasteiger partial charge in [0.15, 0.2) is 0 Å². The monoisotopic (exact) mass is 372 g/mol. The largest absolute Gasteiger partial charge is 0.380 e. The number of ether oxygens (including phenoxy) is 1. The van der Waals surface area contributed by atoms with E-state index in [2.05, 4.69) is 10.6 Å². The van der Waals surface area contributed by atoms with Crippen LogP contribution >= 0.6 is 0 Å². The number of piperidine rings is 1. The molecule has 1 aromatic carbocycles. The molecule has 144 valence electrons. The molecule has 3 atom stereocenters. The van der Waals surface area contributed by atoms with Gasteiger partial charge in [0.25, 0.3) is 5.91 Å². The number of rotatable bonds is 4. The van der Waals surface area contributed by atoms with E-state index in [4.69, 9.17) is 10.5 Å². The lowest BCUT2D eigenvalue weighted by atomic mass is 10.0. The predicted octanol–water partition coefficient (Wildman–Crippen LogP) is -0.347. The smallest absolute Gasteiger partial charge is 0.255 e. The fourth-order valence-electron chi connectivity index (χ4n) is 3.95. The number of carbonyl (C=O) groups is 3. The summed E-state index contributed by atoms with van der Waals surface area (Å²) >= 11 is 0. The van der Waals surface area contributed by atoms with Gasteiger partial charge in [-0.1, -0.05) is 12.1 Å². The summed E-state index contributed by atoms with van der Waals surface area (Å²) < 4.78 is 5.47. The fourth-order valence-corrected chi connectivity index (χ4v) is 3.95. The molecule has 0 radical (unpaired) electrons. The SMILES string of the molecule is N[C@@H]1CCOC[C@@H]1NCc1ccc2c(c1)CN(C1CCC(=O)NC1=O)C2=O. The molecule has 3 aliphatic heterocycles. The Morgan fingerprint density at radius 2 is 2.11 bits per heavy atom. The Labute approximate surface area is 157 Å². The van der Waals surface area contributed by atoms with Gasteiger partial charge >= 0.3 is 0 Å². The number of nitrogens with zero attached hydrogens (tertiary/aromatic N) is 1. The van der Waals surface area contributed by atoms with Crippen LogP contribution in [0.4, 0.5) is 0 Å². The van der Waals surface area contributed by atoms with Crippen molar-refractivity contribution in [2.24, 2.45) is 5.73 Å².